The molecule has 0 aliphatic rings. The summed E-state index contributed by atoms with van der Waals surface area (Å²) in [6.45, 7) is 0. The van der Waals surface area contributed by atoms with E-state index < -0.39 is 0 Å². The Morgan fingerprint density at radius 2 is 2.06 bits per heavy atom. The van der Waals surface area contributed by atoms with Gasteiger partial charge in [0.2, 0.25) is 0 Å². The molecule has 0 bridgehead atoms. The van der Waals surface area contributed by atoms with Crippen molar-refractivity contribution in [2.24, 2.45) is 0 Å². The summed E-state index contributed by atoms with van der Waals surface area (Å²) >= 11 is 1.62. The number of allylic oxidation sites excluding steroid dienone is 1. The highest BCUT2D eigenvalue weighted by Gasteiger charge is 2.01. The van der Waals surface area contributed by atoms with Gasteiger partial charge in [0.05, 0.1) is 18.8 Å². The van der Waals surface area contributed by atoms with Crippen molar-refractivity contribution in [3.8, 4) is 11.8 Å². The summed E-state index contributed by atoms with van der Waals surface area (Å²) in [5, 5.41) is 11.2. The fraction of sp³-hybridized carbons (Fsp3) is 0.0714. The molecule has 84 valence electrons. The van der Waals surface area contributed by atoms with Gasteiger partial charge in [0.1, 0.15) is 5.75 Å². The Balaban J connectivity index is 2.33. The van der Waals surface area contributed by atoms with Gasteiger partial charge in [0.15, 0.2) is 0 Å². The van der Waals surface area contributed by atoms with Crippen LogP contribution in [0, 0.1) is 11.3 Å². The predicted molar refractivity (Wildman–Crippen MR) is 70.8 cm³/mol. The lowest BCUT2D eigenvalue weighted by atomic mass is 10.1. The molecule has 0 amide bonds. The summed E-state index contributed by atoms with van der Waals surface area (Å²) in [4.78, 5) is 1.08. The van der Waals surface area contributed by atoms with Crippen LogP contribution < -0.4 is 4.74 Å². The van der Waals surface area contributed by atoms with Crippen LogP contribution >= 0.6 is 11.3 Å². The minimum Gasteiger partial charge on any atom is -0.497 e. The van der Waals surface area contributed by atoms with E-state index >= 15 is 0 Å². The summed E-state index contributed by atoms with van der Waals surface area (Å²) in [7, 11) is 1.63. The molecule has 0 atom stereocenters. The Bertz CT molecular complexity index is 547. The zero-order valence-corrected chi connectivity index (χ0v) is 10.2. The molecule has 0 fully saturated rings. The van der Waals surface area contributed by atoms with Gasteiger partial charge in [-0.2, -0.15) is 5.26 Å². The molecule has 0 saturated heterocycles. The molecule has 2 rings (SSSR count). The van der Waals surface area contributed by atoms with Gasteiger partial charge in [-0.05, 0) is 47.4 Å². The molecule has 17 heavy (non-hydrogen) atoms. The number of nitriles is 1. The highest BCUT2D eigenvalue weighted by Crippen LogP contribution is 2.22. The molecule has 3 heteroatoms. The van der Waals surface area contributed by atoms with Crippen molar-refractivity contribution in [3.63, 3.8) is 0 Å². The molecule has 1 heterocycles. The van der Waals surface area contributed by atoms with Gasteiger partial charge >= 0.3 is 0 Å². The van der Waals surface area contributed by atoms with E-state index in [4.69, 9.17) is 10.00 Å². The lowest BCUT2D eigenvalue weighted by Gasteiger charge is -2.01. The topological polar surface area (TPSA) is 33.0 Å². The van der Waals surface area contributed by atoms with E-state index in [2.05, 4.69) is 6.07 Å². The monoisotopic (exact) mass is 241 g/mol. The van der Waals surface area contributed by atoms with Crippen molar-refractivity contribution < 1.29 is 4.74 Å². The average molecular weight is 241 g/mol. The van der Waals surface area contributed by atoms with Crippen LogP contribution in [0.5, 0.6) is 5.75 Å². The molecule has 0 unspecified atom stereocenters. The predicted octanol–water partition coefficient (Wildman–Crippen LogP) is 3.82. The summed E-state index contributed by atoms with van der Waals surface area (Å²) in [6.07, 6.45) is 1.90. The molecule has 0 aliphatic heterocycles. The Morgan fingerprint density at radius 1 is 1.29 bits per heavy atom. The molecule has 2 aromatic rings. The summed E-state index contributed by atoms with van der Waals surface area (Å²) in [5.41, 5.74) is 1.57. The maximum atomic E-state index is 9.16. The third kappa shape index (κ3) is 2.74. The van der Waals surface area contributed by atoms with Crippen molar-refractivity contribution in [1.82, 2.24) is 0 Å². The third-order valence-electron chi connectivity index (χ3n) is 2.35. The first-order valence-electron chi connectivity index (χ1n) is 5.13. The fourth-order valence-corrected chi connectivity index (χ4v) is 2.12. The van der Waals surface area contributed by atoms with Crippen molar-refractivity contribution in [1.29, 1.82) is 5.26 Å². The van der Waals surface area contributed by atoms with Crippen LogP contribution in [0.4, 0.5) is 0 Å². The van der Waals surface area contributed by atoms with Gasteiger partial charge in [0.25, 0.3) is 0 Å². The first-order chi connectivity index (χ1) is 8.33. The first-order valence-corrected chi connectivity index (χ1v) is 6.01. The van der Waals surface area contributed by atoms with Crippen LogP contribution in [0.25, 0.3) is 11.6 Å². The Hall–Kier alpha value is -2.05. The second-order valence-corrected chi connectivity index (χ2v) is 4.39. The molecule has 0 radical (unpaired) electrons. The largest absolute Gasteiger partial charge is 0.497 e. The number of thiophene rings is 1. The van der Waals surface area contributed by atoms with Crippen molar-refractivity contribution in [2.45, 2.75) is 0 Å². The van der Waals surface area contributed by atoms with Crippen LogP contribution in [0.3, 0.4) is 0 Å². The molecule has 0 saturated carbocycles. The maximum Gasteiger partial charge on any atom is 0.118 e. The molecule has 2 nitrogen and oxygen atoms in total. The second kappa shape index (κ2) is 5.33. The van der Waals surface area contributed by atoms with E-state index in [9.17, 15) is 0 Å². The average Bonchev–Trinajstić information content (AvgIpc) is 2.89. The van der Waals surface area contributed by atoms with Gasteiger partial charge < -0.3 is 4.74 Å². The highest BCUT2D eigenvalue weighted by molar-refractivity contribution is 7.10. The zero-order chi connectivity index (χ0) is 12.1. The number of methoxy groups -OCH3 is 1. The molecule has 0 aliphatic carbocycles. The SMILES string of the molecule is COc1ccc(/C(C#N)=C\c2cccs2)cc1. The number of rotatable bonds is 3. The quantitative estimate of drug-likeness (QED) is 0.765. The van der Waals surface area contributed by atoms with Crippen LogP contribution in [0.1, 0.15) is 10.4 Å². The van der Waals surface area contributed by atoms with E-state index in [-0.39, 0.29) is 0 Å². The van der Waals surface area contributed by atoms with E-state index in [0.717, 1.165) is 16.2 Å². The van der Waals surface area contributed by atoms with Crippen LogP contribution in [0.2, 0.25) is 0 Å². The number of ether oxygens (including phenoxy) is 1. The minimum absolute atomic E-state index is 0.662. The normalized spacial score (nSPS) is 10.9. The number of hydrogen-bond donors (Lipinski definition) is 0. The lowest BCUT2D eigenvalue weighted by molar-refractivity contribution is 0.415. The van der Waals surface area contributed by atoms with Gasteiger partial charge in [0, 0.05) is 4.88 Å². The standard InChI is InChI=1S/C14H11NOS/c1-16-13-6-4-11(5-7-13)12(10-15)9-14-3-2-8-17-14/h2-9H,1H3/b12-9-. The van der Waals surface area contributed by atoms with E-state index in [0.29, 0.717) is 5.57 Å². The summed E-state index contributed by atoms with van der Waals surface area (Å²) in [5.74, 6) is 0.794. The minimum atomic E-state index is 0.662. The lowest BCUT2D eigenvalue weighted by Crippen LogP contribution is -1.84. The Labute approximate surface area is 104 Å². The van der Waals surface area contributed by atoms with Gasteiger partial charge in [-0.3, -0.25) is 0 Å². The first kappa shape index (κ1) is 11.4. The molecule has 0 spiro atoms. The van der Waals surface area contributed by atoms with E-state index in [1.807, 2.05) is 47.9 Å². The van der Waals surface area contributed by atoms with Crippen LogP contribution in [-0.4, -0.2) is 7.11 Å². The molecule has 1 aromatic heterocycles. The smallest absolute Gasteiger partial charge is 0.118 e. The number of benzene rings is 1. The van der Waals surface area contributed by atoms with Crippen molar-refractivity contribution >= 4 is 23.0 Å². The van der Waals surface area contributed by atoms with Gasteiger partial charge in [-0.25, -0.2) is 0 Å². The van der Waals surface area contributed by atoms with Crippen molar-refractivity contribution in [2.75, 3.05) is 7.11 Å². The van der Waals surface area contributed by atoms with Gasteiger partial charge in [-0.15, -0.1) is 11.3 Å². The Morgan fingerprint density at radius 3 is 2.59 bits per heavy atom. The summed E-state index contributed by atoms with van der Waals surface area (Å²) < 4.78 is 5.09. The molecule has 1 aromatic carbocycles. The maximum absolute atomic E-state index is 9.16. The zero-order valence-electron chi connectivity index (χ0n) is 9.38. The molecular weight excluding hydrogens is 230 g/mol. The van der Waals surface area contributed by atoms with Gasteiger partial charge in [-0.1, -0.05) is 6.07 Å². The second-order valence-electron chi connectivity index (χ2n) is 3.41. The van der Waals surface area contributed by atoms with E-state index in [1.165, 1.54) is 0 Å². The number of hydrogen-bond acceptors (Lipinski definition) is 3. The van der Waals surface area contributed by atoms with Crippen molar-refractivity contribution in [3.05, 3.63) is 52.2 Å². The van der Waals surface area contributed by atoms with E-state index in [1.54, 1.807) is 18.4 Å². The highest BCUT2D eigenvalue weighted by atomic mass is 32.1. The Kier molecular flexibility index (Phi) is 3.59. The van der Waals surface area contributed by atoms with Crippen LogP contribution in [0.15, 0.2) is 41.8 Å². The summed E-state index contributed by atoms with van der Waals surface area (Å²) in [6, 6.07) is 13.7. The molecule has 0 N–H and O–H groups in total. The number of nitrogens with zero attached hydrogens (tertiary/aromatic N) is 1. The van der Waals surface area contributed by atoms with Crippen LogP contribution in [-0.2, 0) is 0 Å². The fourth-order valence-electron chi connectivity index (χ4n) is 1.47. The third-order valence-corrected chi connectivity index (χ3v) is 3.17. The molecular formula is C14H11NOS.